The largest absolute Gasteiger partial charge is 0.345 e. The molecule has 2 saturated heterocycles. The highest BCUT2D eigenvalue weighted by Crippen LogP contribution is 2.38. The van der Waals surface area contributed by atoms with Crippen LogP contribution in [0.1, 0.15) is 49.8 Å². The standard InChI is InChI=1S/C16H20N4O4/c1-15(2,3)10-6-9(17-14(24)18-10)12(22)20-5-4-16(8-20)7-11(21)19-13(16)23/h6H,4-5,7-8H2,1-3H3,(H,17,18,24)(H,19,21,23). The van der Waals surface area contributed by atoms with Gasteiger partial charge in [-0.05, 0) is 12.5 Å². The SMILES string of the molecule is CC(C)(C)c1cc(C(=O)N2CCC3(CC(=O)NC3=O)C2)nc(=O)[nH]1. The molecule has 0 radical (unpaired) electrons. The van der Waals surface area contributed by atoms with Crippen molar-refractivity contribution in [2.45, 2.75) is 39.0 Å². The molecular formula is C16H20N4O4. The van der Waals surface area contributed by atoms with Gasteiger partial charge in [-0.15, -0.1) is 0 Å². The molecule has 0 saturated carbocycles. The first-order valence-corrected chi connectivity index (χ1v) is 7.86. The minimum atomic E-state index is -0.833. The minimum Gasteiger partial charge on any atom is -0.336 e. The maximum Gasteiger partial charge on any atom is 0.345 e. The third-order valence-corrected chi connectivity index (χ3v) is 4.65. The van der Waals surface area contributed by atoms with Crippen molar-refractivity contribution in [3.8, 4) is 0 Å². The highest BCUT2D eigenvalue weighted by molar-refractivity contribution is 6.06. The van der Waals surface area contributed by atoms with Gasteiger partial charge in [0, 0.05) is 30.6 Å². The summed E-state index contributed by atoms with van der Waals surface area (Å²) >= 11 is 0. The molecule has 3 amide bonds. The first kappa shape index (κ1) is 16.4. The van der Waals surface area contributed by atoms with E-state index in [9.17, 15) is 19.2 Å². The summed E-state index contributed by atoms with van der Waals surface area (Å²) in [6.07, 6.45) is 0.539. The van der Waals surface area contributed by atoms with Gasteiger partial charge in [0.15, 0.2) is 0 Å². The summed E-state index contributed by atoms with van der Waals surface area (Å²) in [6.45, 7) is 6.30. The molecular weight excluding hydrogens is 312 g/mol. The fourth-order valence-corrected chi connectivity index (χ4v) is 3.20. The van der Waals surface area contributed by atoms with Crippen molar-refractivity contribution < 1.29 is 14.4 Å². The van der Waals surface area contributed by atoms with Crippen LogP contribution in [0.15, 0.2) is 10.9 Å². The number of carbonyl (C=O) groups is 3. The summed E-state index contributed by atoms with van der Waals surface area (Å²) in [7, 11) is 0. The molecule has 2 fully saturated rings. The number of hydrogen-bond donors (Lipinski definition) is 2. The minimum absolute atomic E-state index is 0.0606. The number of aromatic nitrogens is 2. The van der Waals surface area contributed by atoms with Crippen LogP contribution in [0, 0.1) is 5.41 Å². The van der Waals surface area contributed by atoms with Gasteiger partial charge in [-0.3, -0.25) is 19.7 Å². The third-order valence-electron chi connectivity index (χ3n) is 4.65. The summed E-state index contributed by atoms with van der Waals surface area (Å²) in [5.41, 5.74) is -1.06. The Labute approximate surface area is 138 Å². The number of carbonyl (C=O) groups excluding carboxylic acids is 3. The Bertz CT molecular complexity index is 792. The van der Waals surface area contributed by atoms with Crippen LogP contribution in [-0.2, 0) is 15.0 Å². The number of rotatable bonds is 1. The molecule has 0 aliphatic carbocycles. The predicted octanol–water partition coefficient (Wildman–Crippen LogP) is -0.0538. The highest BCUT2D eigenvalue weighted by atomic mass is 16.2. The molecule has 1 aromatic heterocycles. The number of nitrogens with zero attached hydrogens (tertiary/aromatic N) is 2. The van der Waals surface area contributed by atoms with Gasteiger partial charge >= 0.3 is 5.69 Å². The summed E-state index contributed by atoms with van der Waals surface area (Å²) in [4.78, 5) is 55.9. The summed E-state index contributed by atoms with van der Waals surface area (Å²) in [5, 5.41) is 2.30. The first-order chi connectivity index (χ1) is 11.1. The average molecular weight is 332 g/mol. The van der Waals surface area contributed by atoms with Crippen LogP contribution in [0.25, 0.3) is 0 Å². The molecule has 3 heterocycles. The van der Waals surface area contributed by atoms with Crippen LogP contribution in [0.2, 0.25) is 0 Å². The number of hydrogen-bond acceptors (Lipinski definition) is 5. The molecule has 1 aromatic rings. The Morgan fingerprint density at radius 1 is 1.29 bits per heavy atom. The number of imide groups is 1. The van der Waals surface area contributed by atoms with E-state index in [1.54, 1.807) is 6.07 Å². The molecule has 128 valence electrons. The van der Waals surface area contributed by atoms with Crippen LogP contribution >= 0.6 is 0 Å². The lowest BCUT2D eigenvalue weighted by molar-refractivity contribution is -0.128. The smallest absolute Gasteiger partial charge is 0.336 e. The van der Waals surface area contributed by atoms with Crippen molar-refractivity contribution >= 4 is 17.7 Å². The normalized spacial score (nSPS) is 23.9. The van der Waals surface area contributed by atoms with Crippen LogP contribution in [0.3, 0.4) is 0 Å². The number of likely N-dealkylation sites (tertiary alicyclic amines) is 1. The first-order valence-electron chi connectivity index (χ1n) is 7.86. The van der Waals surface area contributed by atoms with E-state index in [0.29, 0.717) is 18.7 Å². The zero-order chi connectivity index (χ0) is 17.7. The van der Waals surface area contributed by atoms with Gasteiger partial charge in [0.05, 0.1) is 5.41 Å². The molecule has 1 unspecified atom stereocenters. The van der Waals surface area contributed by atoms with Crippen molar-refractivity contribution in [1.29, 1.82) is 0 Å². The number of amides is 3. The molecule has 1 atom stereocenters. The molecule has 3 rings (SSSR count). The lowest BCUT2D eigenvalue weighted by atomic mass is 9.85. The van der Waals surface area contributed by atoms with Crippen LogP contribution in [0.5, 0.6) is 0 Å². The maximum atomic E-state index is 12.7. The predicted molar refractivity (Wildman–Crippen MR) is 84.3 cm³/mol. The lowest BCUT2D eigenvalue weighted by Gasteiger charge is -2.21. The topological polar surface area (TPSA) is 112 Å². The van der Waals surface area contributed by atoms with Crippen LogP contribution in [-0.4, -0.2) is 45.7 Å². The molecule has 0 aromatic carbocycles. The molecule has 8 nitrogen and oxygen atoms in total. The van der Waals surface area contributed by atoms with Gasteiger partial charge < -0.3 is 9.88 Å². The van der Waals surface area contributed by atoms with E-state index in [4.69, 9.17) is 0 Å². The number of nitrogens with one attached hydrogen (secondary N) is 2. The summed E-state index contributed by atoms with van der Waals surface area (Å²) in [5.74, 6) is -1.02. The lowest BCUT2D eigenvalue weighted by Crippen LogP contribution is -2.37. The van der Waals surface area contributed by atoms with Crippen LogP contribution < -0.4 is 11.0 Å². The summed E-state index contributed by atoms with van der Waals surface area (Å²) < 4.78 is 0. The fourth-order valence-electron chi connectivity index (χ4n) is 3.20. The summed E-state index contributed by atoms with van der Waals surface area (Å²) in [6, 6.07) is 1.58. The van der Waals surface area contributed by atoms with Crippen molar-refractivity contribution in [2.24, 2.45) is 5.41 Å². The Morgan fingerprint density at radius 3 is 2.58 bits per heavy atom. The highest BCUT2D eigenvalue weighted by Gasteiger charge is 2.52. The average Bonchev–Trinajstić information content (AvgIpc) is 3.01. The molecule has 1 spiro atoms. The van der Waals surface area contributed by atoms with Crippen molar-refractivity contribution in [2.75, 3.05) is 13.1 Å². The van der Waals surface area contributed by atoms with E-state index in [0.717, 1.165) is 0 Å². The van der Waals surface area contributed by atoms with Gasteiger partial charge in [0.1, 0.15) is 5.69 Å². The molecule has 8 heteroatoms. The molecule has 2 N–H and O–H groups in total. The maximum absolute atomic E-state index is 12.7. The number of aromatic amines is 1. The monoisotopic (exact) mass is 332 g/mol. The van der Waals surface area contributed by atoms with Crippen molar-refractivity contribution in [3.05, 3.63) is 27.9 Å². The molecule has 2 aliphatic heterocycles. The second kappa shape index (κ2) is 5.25. The quantitative estimate of drug-likeness (QED) is 0.700. The van der Waals surface area contributed by atoms with Crippen molar-refractivity contribution in [1.82, 2.24) is 20.2 Å². The zero-order valence-corrected chi connectivity index (χ0v) is 13.9. The van der Waals surface area contributed by atoms with Crippen LogP contribution in [0.4, 0.5) is 0 Å². The fraction of sp³-hybridized carbons (Fsp3) is 0.562. The number of H-pyrrole nitrogens is 1. The van der Waals surface area contributed by atoms with Crippen molar-refractivity contribution in [3.63, 3.8) is 0 Å². The van der Waals surface area contributed by atoms with Gasteiger partial charge in [0.25, 0.3) is 5.91 Å². The van der Waals surface area contributed by atoms with E-state index in [1.165, 1.54) is 4.90 Å². The van der Waals surface area contributed by atoms with Gasteiger partial charge in [-0.1, -0.05) is 20.8 Å². The van der Waals surface area contributed by atoms with E-state index >= 15 is 0 Å². The zero-order valence-electron chi connectivity index (χ0n) is 13.9. The molecule has 24 heavy (non-hydrogen) atoms. The Balaban J connectivity index is 1.86. The Kier molecular flexibility index (Phi) is 3.58. The molecule has 2 aliphatic rings. The van der Waals surface area contributed by atoms with Gasteiger partial charge in [-0.2, -0.15) is 4.98 Å². The third kappa shape index (κ3) is 2.72. The van der Waals surface area contributed by atoms with E-state index in [-0.39, 0.29) is 35.9 Å². The van der Waals surface area contributed by atoms with E-state index in [1.807, 2.05) is 20.8 Å². The molecule has 0 bridgehead atoms. The Morgan fingerprint density at radius 2 is 2.00 bits per heavy atom. The second-order valence-electron chi connectivity index (χ2n) is 7.55. The van der Waals surface area contributed by atoms with E-state index in [2.05, 4.69) is 15.3 Å². The Hall–Kier alpha value is -2.51. The van der Waals surface area contributed by atoms with Gasteiger partial charge in [0.2, 0.25) is 11.8 Å². The second-order valence-corrected chi connectivity index (χ2v) is 7.55. The van der Waals surface area contributed by atoms with E-state index < -0.39 is 17.0 Å². The van der Waals surface area contributed by atoms with Gasteiger partial charge in [-0.25, -0.2) is 4.79 Å².